The monoisotopic (exact) mass is 325 g/mol. The molecular weight excluding hydrogens is 310 g/mol. The maximum Gasteiger partial charge on any atom is 0.275 e. The van der Waals surface area contributed by atoms with Crippen molar-refractivity contribution in [2.24, 2.45) is 0 Å². The standard InChI is InChI=1S/C16H15N5OS/c1-10-5-3-6-12(11(10)2)19-14(22)13-9-23-16(20-13)21-15-17-7-4-8-18-15/h3-9H,1-2H3,(H,19,22)(H,17,18,20,21). The van der Waals surface area contributed by atoms with E-state index in [9.17, 15) is 4.79 Å². The number of hydrogen-bond acceptors (Lipinski definition) is 6. The van der Waals surface area contributed by atoms with Crippen molar-refractivity contribution < 1.29 is 4.79 Å². The van der Waals surface area contributed by atoms with E-state index in [0.29, 0.717) is 16.8 Å². The van der Waals surface area contributed by atoms with Crippen molar-refractivity contribution in [1.29, 1.82) is 0 Å². The van der Waals surface area contributed by atoms with E-state index in [1.165, 1.54) is 11.3 Å². The Balaban J connectivity index is 1.72. The third-order valence-corrected chi connectivity index (χ3v) is 4.13. The van der Waals surface area contributed by atoms with E-state index in [1.54, 1.807) is 23.8 Å². The lowest BCUT2D eigenvalue weighted by atomic mass is 10.1. The molecule has 2 heterocycles. The van der Waals surface area contributed by atoms with Crippen LogP contribution in [0.4, 0.5) is 16.8 Å². The number of amides is 1. The summed E-state index contributed by atoms with van der Waals surface area (Å²) in [4.78, 5) is 24.7. The topological polar surface area (TPSA) is 79.8 Å². The van der Waals surface area contributed by atoms with Gasteiger partial charge in [0, 0.05) is 23.5 Å². The summed E-state index contributed by atoms with van der Waals surface area (Å²) in [6.45, 7) is 3.99. The van der Waals surface area contributed by atoms with Crippen LogP contribution in [0.25, 0.3) is 0 Å². The number of hydrogen-bond donors (Lipinski definition) is 2. The molecule has 0 aliphatic carbocycles. The highest BCUT2D eigenvalue weighted by Crippen LogP contribution is 2.21. The van der Waals surface area contributed by atoms with Crippen LogP contribution in [-0.2, 0) is 0 Å². The number of carbonyl (C=O) groups excluding carboxylic acids is 1. The Morgan fingerprint density at radius 1 is 1.13 bits per heavy atom. The van der Waals surface area contributed by atoms with E-state index < -0.39 is 0 Å². The maximum atomic E-state index is 12.3. The van der Waals surface area contributed by atoms with Gasteiger partial charge in [-0.15, -0.1) is 11.3 Å². The van der Waals surface area contributed by atoms with E-state index in [2.05, 4.69) is 25.6 Å². The number of benzene rings is 1. The predicted octanol–water partition coefficient (Wildman–Crippen LogP) is 3.55. The molecule has 3 rings (SSSR count). The molecule has 0 aliphatic rings. The molecule has 0 fully saturated rings. The Bertz CT molecular complexity index is 831. The molecule has 0 saturated heterocycles. The first kappa shape index (κ1) is 15.1. The van der Waals surface area contributed by atoms with E-state index in [4.69, 9.17) is 0 Å². The largest absolute Gasteiger partial charge is 0.320 e. The lowest BCUT2D eigenvalue weighted by molar-refractivity contribution is 0.102. The number of carbonyl (C=O) groups is 1. The minimum Gasteiger partial charge on any atom is -0.320 e. The van der Waals surface area contributed by atoms with Crippen molar-refractivity contribution in [1.82, 2.24) is 15.0 Å². The van der Waals surface area contributed by atoms with Crippen LogP contribution >= 0.6 is 11.3 Å². The fourth-order valence-corrected chi connectivity index (χ4v) is 2.65. The highest BCUT2D eigenvalue weighted by atomic mass is 32.1. The van der Waals surface area contributed by atoms with Crippen LogP contribution in [0.15, 0.2) is 42.0 Å². The Labute approximate surface area is 137 Å². The van der Waals surface area contributed by atoms with Gasteiger partial charge < -0.3 is 10.6 Å². The molecule has 0 aliphatic heterocycles. The second kappa shape index (κ2) is 6.53. The number of thiazole rings is 1. The van der Waals surface area contributed by atoms with E-state index >= 15 is 0 Å². The molecule has 2 aromatic heterocycles. The van der Waals surface area contributed by atoms with Crippen molar-refractivity contribution >= 4 is 34.0 Å². The molecule has 6 nitrogen and oxygen atoms in total. The Hall–Kier alpha value is -2.80. The van der Waals surface area contributed by atoms with Crippen molar-refractivity contribution in [3.63, 3.8) is 0 Å². The van der Waals surface area contributed by atoms with Crippen LogP contribution < -0.4 is 10.6 Å². The molecule has 0 spiro atoms. The minimum atomic E-state index is -0.239. The number of aryl methyl sites for hydroxylation is 1. The smallest absolute Gasteiger partial charge is 0.275 e. The molecule has 23 heavy (non-hydrogen) atoms. The summed E-state index contributed by atoms with van der Waals surface area (Å²) < 4.78 is 0. The molecule has 1 amide bonds. The Morgan fingerprint density at radius 2 is 1.91 bits per heavy atom. The zero-order valence-corrected chi connectivity index (χ0v) is 13.5. The molecule has 0 saturated carbocycles. The molecule has 1 aromatic carbocycles. The highest BCUT2D eigenvalue weighted by Gasteiger charge is 2.13. The fraction of sp³-hybridized carbons (Fsp3) is 0.125. The fourth-order valence-electron chi connectivity index (χ4n) is 1.97. The van der Waals surface area contributed by atoms with Crippen molar-refractivity contribution in [3.8, 4) is 0 Å². The molecule has 116 valence electrons. The third kappa shape index (κ3) is 3.51. The molecule has 0 bridgehead atoms. The summed E-state index contributed by atoms with van der Waals surface area (Å²) in [5.41, 5.74) is 3.33. The maximum absolute atomic E-state index is 12.3. The minimum absolute atomic E-state index is 0.239. The second-order valence-corrected chi connectivity index (χ2v) is 5.79. The van der Waals surface area contributed by atoms with Gasteiger partial charge in [0.2, 0.25) is 5.95 Å². The zero-order chi connectivity index (χ0) is 16.2. The van der Waals surface area contributed by atoms with E-state index in [0.717, 1.165) is 16.8 Å². The van der Waals surface area contributed by atoms with Crippen LogP contribution in [0, 0.1) is 13.8 Å². The van der Waals surface area contributed by atoms with Gasteiger partial charge in [-0.05, 0) is 37.1 Å². The van der Waals surface area contributed by atoms with Crippen LogP contribution in [0.5, 0.6) is 0 Å². The molecule has 0 unspecified atom stereocenters. The molecule has 2 N–H and O–H groups in total. The van der Waals surface area contributed by atoms with Crippen LogP contribution in [0.3, 0.4) is 0 Å². The predicted molar refractivity (Wildman–Crippen MR) is 91.3 cm³/mol. The molecule has 0 atom stereocenters. The number of rotatable bonds is 4. The number of nitrogens with zero attached hydrogens (tertiary/aromatic N) is 3. The van der Waals surface area contributed by atoms with E-state index in [1.807, 2.05) is 32.0 Å². The summed E-state index contributed by atoms with van der Waals surface area (Å²) in [6.07, 6.45) is 3.27. The zero-order valence-electron chi connectivity index (χ0n) is 12.7. The van der Waals surface area contributed by atoms with Crippen molar-refractivity contribution in [3.05, 3.63) is 58.9 Å². The SMILES string of the molecule is Cc1cccc(NC(=O)c2csc(Nc3ncccn3)n2)c1C. The van der Waals surface area contributed by atoms with Crippen LogP contribution in [0.2, 0.25) is 0 Å². The summed E-state index contributed by atoms with van der Waals surface area (Å²) in [5.74, 6) is 0.209. The molecule has 7 heteroatoms. The van der Waals surface area contributed by atoms with Gasteiger partial charge in [0.1, 0.15) is 5.69 Å². The van der Waals surface area contributed by atoms with Gasteiger partial charge in [-0.1, -0.05) is 12.1 Å². The average Bonchev–Trinajstić information content (AvgIpc) is 3.01. The Kier molecular flexibility index (Phi) is 4.29. The van der Waals surface area contributed by atoms with Crippen LogP contribution in [0.1, 0.15) is 21.6 Å². The van der Waals surface area contributed by atoms with Crippen molar-refractivity contribution in [2.75, 3.05) is 10.6 Å². The first-order valence-corrected chi connectivity index (χ1v) is 7.88. The average molecular weight is 325 g/mol. The van der Waals surface area contributed by atoms with E-state index in [-0.39, 0.29) is 5.91 Å². The number of nitrogens with one attached hydrogen (secondary N) is 2. The lowest BCUT2D eigenvalue weighted by Gasteiger charge is -2.09. The lowest BCUT2D eigenvalue weighted by Crippen LogP contribution is -2.13. The Morgan fingerprint density at radius 3 is 2.70 bits per heavy atom. The van der Waals surface area contributed by atoms with Gasteiger partial charge in [0.25, 0.3) is 5.91 Å². The summed E-state index contributed by atoms with van der Waals surface area (Å²) in [6, 6.07) is 7.54. The summed E-state index contributed by atoms with van der Waals surface area (Å²) in [7, 11) is 0. The van der Waals surface area contributed by atoms with Gasteiger partial charge in [-0.2, -0.15) is 0 Å². The summed E-state index contributed by atoms with van der Waals surface area (Å²) in [5, 5.41) is 8.13. The number of aromatic nitrogens is 3. The van der Waals surface area contributed by atoms with Gasteiger partial charge in [-0.25, -0.2) is 15.0 Å². The normalized spacial score (nSPS) is 10.3. The first-order chi connectivity index (χ1) is 11.1. The van der Waals surface area contributed by atoms with Crippen molar-refractivity contribution in [2.45, 2.75) is 13.8 Å². The third-order valence-electron chi connectivity index (χ3n) is 3.37. The van der Waals surface area contributed by atoms with Gasteiger partial charge in [-0.3, -0.25) is 4.79 Å². The van der Waals surface area contributed by atoms with Crippen LogP contribution in [-0.4, -0.2) is 20.9 Å². The molecular formula is C16H15N5OS. The van der Waals surface area contributed by atoms with Gasteiger partial charge in [0.05, 0.1) is 0 Å². The highest BCUT2D eigenvalue weighted by molar-refractivity contribution is 7.14. The quantitative estimate of drug-likeness (QED) is 0.767. The second-order valence-electron chi connectivity index (χ2n) is 4.94. The summed E-state index contributed by atoms with van der Waals surface area (Å²) >= 11 is 1.33. The number of anilines is 3. The molecule has 3 aromatic rings. The van der Waals surface area contributed by atoms with Gasteiger partial charge in [0.15, 0.2) is 5.13 Å². The first-order valence-electron chi connectivity index (χ1n) is 7.00. The molecule has 0 radical (unpaired) electrons. The van der Waals surface area contributed by atoms with Gasteiger partial charge >= 0.3 is 0 Å².